The number of thioether (sulfide) groups is 1. The molecule has 0 radical (unpaired) electrons. The molecule has 1 amide bonds. The summed E-state index contributed by atoms with van der Waals surface area (Å²) >= 11 is 1.33. The number of nitrogens with zero attached hydrogens (tertiary/aromatic N) is 2. The van der Waals surface area contributed by atoms with E-state index in [9.17, 15) is 9.18 Å². The predicted octanol–water partition coefficient (Wildman–Crippen LogP) is 6.25. The van der Waals surface area contributed by atoms with E-state index in [1.165, 1.54) is 23.9 Å². The van der Waals surface area contributed by atoms with E-state index in [1.54, 1.807) is 23.1 Å². The fourth-order valence-corrected chi connectivity index (χ4v) is 4.06. The number of benzene rings is 3. The number of hydrogen-bond donors (Lipinski definition) is 0. The van der Waals surface area contributed by atoms with Gasteiger partial charge >= 0.3 is 0 Å². The van der Waals surface area contributed by atoms with Gasteiger partial charge in [0.05, 0.1) is 16.3 Å². The number of halogens is 1. The molecular weight excluding hydrogens is 383 g/mol. The van der Waals surface area contributed by atoms with Crippen molar-refractivity contribution in [2.45, 2.75) is 13.8 Å². The fraction of sp³-hybridized carbons (Fsp3) is 0.0833. The molecule has 0 saturated carbocycles. The van der Waals surface area contributed by atoms with Crippen molar-refractivity contribution in [2.75, 3.05) is 4.90 Å². The van der Waals surface area contributed by atoms with Crippen LogP contribution in [0.3, 0.4) is 0 Å². The summed E-state index contributed by atoms with van der Waals surface area (Å²) in [6, 6.07) is 21.7. The number of amidine groups is 1. The Balaban J connectivity index is 1.81. The molecule has 1 saturated heterocycles. The van der Waals surface area contributed by atoms with E-state index in [1.807, 2.05) is 62.4 Å². The molecular formula is C24H19FN2OS. The summed E-state index contributed by atoms with van der Waals surface area (Å²) in [5, 5.41) is 0.604. The zero-order chi connectivity index (χ0) is 20.4. The molecule has 4 rings (SSSR count). The number of anilines is 1. The fourth-order valence-electron chi connectivity index (χ4n) is 3.08. The van der Waals surface area contributed by atoms with Crippen LogP contribution < -0.4 is 4.90 Å². The minimum absolute atomic E-state index is 0.138. The van der Waals surface area contributed by atoms with Gasteiger partial charge in [-0.1, -0.05) is 48.5 Å². The van der Waals surface area contributed by atoms with Crippen LogP contribution in [0.1, 0.15) is 16.7 Å². The summed E-state index contributed by atoms with van der Waals surface area (Å²) in [5.41, 5.74) is 4.42. The average Bonchev–Trinajstić information content (AvgIpc) is 3.01. The molecule has 1 aliphatic heterocycles. The Kier molecular flexibility index (Phi) is 5.32. The first-order valence-corrected chi connectivity index (χ1v) is 10.0. The topological polar surface area (TPSA) is 32.7 Å². The third kappa shape index (κ3) is 4.00. The summed E-state index contributed by atoms with van der Waals surface area (Å²) < 4.78 is 13.2. The highest BCUT2D eigenvalue weighted by atomic mass is 32.2. The van der Waals surface area contributed by atoms with Gasteiger partial charge in [-0.05, 0) is 72.6 Å². The summed E-state index contributed by atoms with van der Waals surface area (Å²) in [7, 11) is 0. The van der Waals surface area contributed by atoms with Gasteiger partial charge < -0.3 is 0 Å². The number of amides is 1. The minimum atomic E-state index is -0.305. The molecule has 0 aromatic heterocycles. The number of aryl methyl sites for hydroxylation is 2. The van der Waals surface area contributed by atoms with Gasteiger partial charge in [0.15, 0.2) is 5.17 Å². The van der Waals surface area contributed by atoms with Crippen molar-refractivity contribution in [1.29, 1.82) is 0 Å². The van der Waals surface area contributed by atoms with Crippen molar-refractivity contribution in [3.8, 4) is 0 Å². The normalized spacial score (nSPS) is 16.8. The van der Waals surface area contributed by atoms with Crippen molar-refractivity contribution in [2.24, 2.45) is 4.99 Å². The lowest BCUT2D eigenvalue weighted by Crippen LogP contribution is -2.29. The first-order valence-electron chi connectivity index (χ1n) is 9.22. The number of rotatable bonds is 3. The lowest BCUT2D eigenvalue weighted by Gasteiger charge is -2.18. The van der Waals surface area contributed by atoms with E-state index in [0.717, 1.165) is 28.1 Å². The molecule has 1 fully saturated rings. The van der Waals surface area contributed by atoms with Gasteiger partial charge in [-0.3, -0.25) is 9.69 Å². The summed E-state index contributed by atoms with van der Waals surface area (Å²) in [6.45, 7) is 3.97. The number of para-hydroxylation sites is 2. The molecule has 0 bridgehead atoms. The summed E-state index contributed by atoms with van der Waals surface area (Å²) in [4.78, 5) is 20.3. The summed E-state index contributed by atoms with van der Waals surface area (Å²) in [6.07, 6.45) is 1.78. The van der Waals surface area contributed by atoms with Crippen LogP contribution in [0, 0.1) is 19.7 Å². The van der Waals surface area contributed by atoms with Gasteiger partial charge in [0.2, 0.25) is 0 Å². The number of hydrogen-bond acceptors (Lipinski definition) is 3. The second kappa shape index (κ2) is 8.05. The molecule has 0 N–H and O–H groups in total. The van der Waals surface area contributed by atoms with Crippen molar-refractivity contribution >= 4 is 40.3 Å². The average molecular weight is 402 g/mol. The zero-order valence-corrected chi connectivity index (χ0v) is 16.9. The molecule has 0 unspecified atom stereocenters. The smallest absolute Gasteiger partial charge is 0.268 e. The van der Waals surface area contributed by atoms with E-state index in [-0.39, 0.29) is 11.7 Å². The van der Waals surface area contributed by atoms with Crippen molar-refractivity contribution in [3.05, 3.63) is 100 Å². The van der Waals surface area contributed by atoms with Crippen molar-refractivity contribution < 1.29 is 9.18 Å². The Labute approximate surface area is 173 Å². The third-order valence-electron chi connectivity index (χ3n) is 4.66. The highest BCUT2D eigenvalue weighted by Crippen LogP contribution is 2.38. The van der Waals surface area contributed by atoms with Crippen LogP contribution in [0.5, 0.6) is 0 Å². The maximum atomic E-state index is 13.3. The molecule has 0 spiro atoms. The molecule has 144 valence electrons. The van der Waals surface area contributed by atoms with Gasteiger partial charge in [-0.15, -0.1) is 0 Å². The Bertz CT molecular complexity index is 1140. The molecule has 29 heavy (non-hydrogen) atoms. The maximum absolute atomic E-state index is 13.3. The largest absolute Gasteiger partial charge is 0.271 e. The van der Waals surface area contributed by atoms with Gasteiger partial charge in [0, 0.05) is 0 Å². The quantitative estimate of drug-likeness (QED) is 0.485. The van der Waals surface area contributed by atoms with E-state index in [2.05, 4.69) is 0 Å². The van der Waals surface area contributed by atoms with Gasteiger partial charge in [0.1, 0.15) is 5.82 Å². The summed E-state index contributed by atoms with van der Waals surface area (Å²) in [5.74, 6) is -0.443. The van der Waals surface area contributed by atoms with Crippen LogP contribution in [0.2, 0.25) is 0 Å². The molecule has 1 aliphatic rings. The van der Waals surface area contributed by atoms with Crippen LogP contribution in [0.15, 0.2) is 82.7 Å². The predicted molar refractivity (Wildman–Crippen MR) is 119 cm³/mol. The monoisotopic (exact) mass is 402 g/mol. The molecule has 1 heterocycles. The van der Waals surface area contributed by atoms with E-state index >= 15 is 0 Å². The third-order valence-corrected chi connectivity index (χ3v) is 5.63. The minimum Gasteiger partial charge on any atom is -0.268 e. The lowest BCUT2D eigenvalue weighted by atomic mass is 10.1. The first-order chi connectivity index (χ1) is 14.0. The number of carbonyl (C=O) groups excluding carboxylic acids is 1. The zero-order valence-electron chi connectivity index (χ0n) is 16.1. The van der Waals surface area contributed by atoms with Crippen LogP contribution >= 0.6 is 11.8 Å². The number of aliphatic imine (C=N–C) groups is 1. The van der Waals surface area contributed by atoms with E-state index in [4.69, 9.17) is 4.99 Å². The lowest BCUT2D eigenvalue weighted by molar-refractivity contribution is -0.113. The molecule has 0 atom stereocenters. The highest BCUT2D eigenvalue weighted by molar-refractivity contribution is 8.19. The molecule has 3 aromatic carbocycles. The Hall–Kier alpha value is -3.18. The Morgan fingerprint density at radius 2 is 1.55 bits per heavy atom. The van der Waals surface area contributed by atoms with Gasteiger partial charge in [-0.25, -0.2) is 9.38 Å². The second-order valence-electron chi connectivity index (χ2n) is 6.77. The van der Waals surface area contributed by atoms with Crippen LogP contribution in [-0.4, -0.2) is 11.1 Å². The van der Waals surface area contributed by atoms with Crippen molar-refractivity contribution in [3.63, 3.8) is 0 Å². The molecule has 3 nitrogen and oxygen atoms in total. The van der Waals surface area contributed by atoms with Crippen LogP contribution in [0.25, 0.3) is 6.08 Å². The van der Waals surface area contributed by atoms with Gasteiger partial charge in [-0.2, -0.15) is 0 Å². The van der Waals surface area contributed by atoms with E-state index in [0.29, 0.717) is 10.1 Å². The maximum Gasteiger partial charge on any atom is 0.271 e. The highest BCUT2D eigenvalue weighted by Gasteiger charge is 2.35. The molecule has 5 heteroatoms. The number of carbonyl (C=O) groups is 1. The van der Waals surface area contributed by atoms with Crippen molar-refractivity contribution in [1.82, 2.24) is 0 Å². The Morgan fingerprint density at radius 3 is 2.24 bits per heavy atom. The van der Waals surface area contributed by atoms with Gasteiger partial charge in [0.25, 0.3) is 5.91 Å². The first kappa shape index (κ1) is 19.2. The second-order valence-corrected chi connectivity index (χ2v) is 7.78. The Morgan fingerprint density at radius 1 is 0.897 bits per heavy atom. The molecule has 3 aromatic rings. The van der Waals surface area contributed by atoms with E-state index < -0.39 is 0 Å². The SMILES string of the molecule is Cc1ccccc1N=C1S/C(=C\c2ccc(F)cc2)C(=O)N1c1ccccc1C. The van der Waals surface area contributed by atoms with Crippen LogP contribution in [0.4, 0.5) is 15.8 Å². The molecule has 0 aliphatic carbocycles. The van der Waals surface area contributed by atoms with Crippen LogP contribution in [-0.2, 0) is 4.79 Å². The standard InChI is InChI=1S/C24H19FN2OS/c1-16-7-3-5-9-20(16)26-24-27(21-10-6-4-8-17(21)2)23(28)22(29-24)15-18-11-13-19(25)14-12-18/h3-15H,1-2H3/b22-15-,26-24?.